The molecule has 1 aromatic rings. The highest BCUT2D eigenvalue weighted by Gasteiger charge is 2.05. The number of hydrogen-bond acceptors (Lipinski definition) is 2. The van der Waals surface area contributed by atoms with Gasteiger partial charge in [0.05, 0.1) is 5.25 Å². The van der Waals surface area contributed by atoms with E-state index in [4.69, 9.17) is 6.42 Å². The Morgan fingerprint density at radius 3 is 2.64 bits per heavy atom. The minimum atomic E-state index is -0.323. The zero-order chi connectivity index (χ0) is 8.27. The molecule has 1 N–H and O–H groups in total. The molecular weight excluding hydrogens is 156 g/mol. The summed E-state index contributed by atoms with van der Waals surface area (Å²) in [5.41, 5.74) is 0.679. The van der Waals surface area contributed by atoms with Crippen molar-refractivity contribution in [3.63, 3.8) is 0 Å². The van der Waals surface area contributed by atoms with Crippen LogP contribution in [0.2, 0.25) is 0 Å². The van der Waals surface area contributed by atoms with E-state index in [0.717, 1.165) is 0 Å². The van der Waals surface area contributed by atoms with Gasteiger partial charge in [0.1, 0.15) is 5.75 Å². The predicted octanol–water partition coefficient (Wildman–Crippen LogP) is 2.00. The van der Waals surface area contributed by atoms with Crippen molar-refractivity contribution in [2.75, 3.05) is 0 Å². The minimum absolute atomic E-state index is 0.199. The van der Waals surface area contributed by atoms with Gasteiger partial charge in [0.15, 0.2) is 0 Å². The Morgan fingerprint density at radius 2 is 2.09 bits per heavy atom. The molecule has 0 aliphatic carbocycles. The molecule has 0 saturated heterocycles. The molecule has 1 atom stereocenters. The summed E-state index contributed by atoms with van der Waals surface area (Å²) in [5, 5.41) is 8.94. The third kappa shape index (κ3) is 1.69. The van der Waals surface area contributed by atoms with E-state index in [1.807, 2.05) is 6.07 Å². The molecule has 0 bridgehead atoms. The highest BCUT2D eigenvalue weighted by molar-refractivity contribution is 7.80. The first-order valence-electron chi connectivity index (χ1n) is 3.18. The monoisotopic (exact) mass is 164 g/mol. The Balaban J connectivity index is 3.05. The molecule has 0 saturated carbocycles. The van der Waals surface area contributed by atoms with Crippen molar-refractivity contribution in [2.24, 2.45) is 0 Å². The number of terminal acetylenes is 1. The van der Waals surface area contributed by atoms with Gasteiger partial charge in [-0.05, 0) is 6.07 Å². The molecule has 0 spiro atoms. The third-order valence-corrected chi connectivity index (χ3v) is 1.82. The molecule has 0 heterocycles. The maximum Gasteiger partial charge on any atom is 0.120 e. The van der Waals surface area contributed by atoms with Crippen LogP contribution in [0, 0.1) is 12.3 Å². The van der Waals surface area contributed by atoms with Crippen molar-refractivity contribution in [3.05, 3.63) is 29.8 Å². The first-order chi connectivity index (χ1) is 5.25. The lowest BCUT2D eigenvalue weighted by Crippen LogP contribution is -1.85. The van der Waals surface area contributed by atoms with Crippen LogP contribution < -0.4 is 0 Å². The van der Waals surface area contributed by atoms with E-state index in [0.29, 0.717) is 5.56 Å². The second kappa shape index (κ2) is 3.36. The van der Waals surface area contributed by atoms with E-state index in [9.17, 15) is 5.11 Å². The fraction of sp³-hybridized carbons (Fsp3) is 0.111. The fourth-order valence-corrected chi connectivity index (χ4v) is 1.03. The highest BCUT2D eigenvalue weighted by atomic mass is 32.1. The number of rotatable bonds is 1. The van der Waals surface area contributed by atoms with Crippen LogP contribution in [0.25, 0.3) is 0 Å². The molecule has 1 aromatic carbocycles. The van der Waals surface area contributed by atoms with E-state index in [2.05, 4.69) is 18.5 Å². The Hall–Kier alpha value is -1.07. The quantitative estimate of drug-likeness (QED) is 0.480. The normalized spacial score (nSPS) is 12.0. The second-order valence-electron chi connectivity index (χ2n) is 2.13. The first kappa shape index (κ1) is 8.03. The van der Waals surface area contributed by atoms with E-state index < -0.39 is 0 Å². The number of thiol groups is 1. The summed E-state index contributed by atoms with van der Waals surface area (Å²) in [6.45, 7) is 0. The molecule has 0 aromatic heterocycles. The average Bonchev–Trinajstić information content (AvgIpc) is 2.04. The van der Waals surface area contributed by atoms with Gasteiger partial charge in [-0.1, -0.05) is 24.1 Å². The number of hydrogen-bond donors (Lipinski definition) is 2. The van der Waals surface area contributed by atoms with Gasteiger partial charge < -0.3 is 5.11 Å². The van der Waals surface area contributed by atoms with Crippen molar-refractivity contribution in [1.82, 2.24) is 0 Å². The third-order valence-electron chi connectivity index (χ3n) is 1.39. The summed E-state index contributed by atoms with van der Waals surface area (Å²) in [6, 6.07) is 6.91. The van der Waals surface area contributed by atoms with E-state index in [-0.39, 0.29) is 11.0 Å². The molecule has 0 fully saturated rings. The molecular formula is C9H8OS. The summed E-state index contributed by atoms with van der Waals surface area (Å²) < 4.78 is 0. The van der Waals surface area contributed by atoms with Crippen LogP contribution in [0.5, 0.6) is 5.75 Å². The molecule has 56 valence electrons. The maximum atomic E-state index is 9.27. The fourth-order valence-electron chi connectivity index (χ4n) is 0.809. The molecule has 1 unspecified atom stereocenters. The van der Waals surface area contributed by atoms with Crippen molar-refractivity contribution in [2.45, 2.75) is 5.25 Å². The van der Waals surface area contributed by atoms with Crippen LogP contribution in [-0.4, -0.2) is 5.11 Å². The Morgan fingerprint density at radius 1 is 1.45 bits per heavy atom. The van der Waals surface area contributed by atoms with Crippen LogP contribution >= 0.6 is 12.6 Å². The molecule has 2 heteroatoms. The van der Waals surface area contributed by atoms with Gasteiger partial charge in [-0.2, -0.15) is 12.6 Å². The molecule has 1 rings (SSSR count). The number of phenols is 1. The van der Waals surface area contributed by atoms with Gasteiger partial charge in [-0.15, -0.1) is 6.42 Å². The first-order valence-corrected chi connectivity index (χ1v) is 3.69. The van der Waals surface area contributed by atoms with Gasteiger partial charge in [-0.25, -0.2) is 0 Å². The Bertz CT molecular complexity index is 288. The molecule has 11 heavy (non-hydrogen) atoms. The zero-order valence-corrected chi connectivity index (χ0v) is 6.75. The largest absolute Gasteiger partial charge is 0.508 e. The van der Waals surface area contributed by atoms with E-state index in [1.54, 1.807) is 18.2 Å². The molecule has 0 aliphatic heterocycles. The standard InChI is InChI=1S/C9H8OS/c1-2-9(11)7-5-3-4-6-8(7)10/h1,3-6,9-11H. The van der Waals surface area contributed by atoms with Gasteiger partial charge in [0.25, 0.3) is 0 Å². The maximum absolute atomic E-state index is 9.27. The second-order valence-corrected chi connectivity index (χ2v) is 2.64. The highest BCUT2D eigenvalue weighted by Crippen LogP contribution is 2.26. The van der Waals surface area contributed by atoms with Crippen LogP contribution in [0.1, 0.15) is 10.8 Å². The van der Waals surface area contributed by atoms with Crippen LogP contribution in [0.3, 0.4) is 0 Å². The van der Waals surface area contributed by atoms with Crippen LogP contribution in [-0.2, 0) is 0 Å². The minimum Gasteiger partial charge on any atom is -0.508 e. The summed E-state index contributed by atoms with van der Waals surface area (Å²) in [4.78, 5) is 0. The molecule has 0 radical (unpaired) electrons. The number of para-hydroxylation sites is 1. The van der Waals surface area contributed by atoms with Crippen LogP contribution in [0.4, 0.5) is 0 Å². The SMILES string of the molecule is C#CC(S)c1ccccc1O. The smallest absolute Gasteiger partial charge is 0.120 e. The summed E-state index contributed by atoms with van der Waals surface area (Å²) >= 11 is 4.09. The van der Waals surface area contributed by atoms with Gasteiger partial charge in [-0.3, -0.25) is 0 Å². The summed E-state index contributed by atoms with van der Waals surface area (Å²) in [6.07, 6.45) is 5.14. The predicted molar refractivity (Wildman–Crippen MR) is 48.7 cm³/mol. The summed E-state index contributed by atoms with van der Waals surface area (Å²) in [7, 11) is 0. The molecule has 0 amide bonds. The lowest BCUT2D eigenvalue weighted by molar-refractivity contribution is 0.470. The number of benzene rings is 1. The lowest BCUT2D eigenvalue weighted by Gasteiger charge is -2.04. The van der Waals surface area contributed by atoms with Crippen molar-refractivity contribution < 1.29 is 5.11 Å². The van der Waals surface area contributed by atoms with E-state index >= 15 is 0 Å². The molecule has 1 nitrogen and oxygen atoms in total. The zero-order valence-electron chi connectivity index (χ0n) is 5.86. The molecule has 0 aliphatic rings. The summed E-state index contributed by atoms with van der Waals surface area (Å²) in [5.74, 6) is 2.63. The Labute approximate surface area is 71.5 Å². The van der Waals surface area contributed by atoms with Gasteiger partial charge >= 0.3 is 0 Å². The van der Waals surface area contributed by atoms with Crippen LogP contribution in [0.15, 0.2) is 24.3 Å². The van der Waals surface area contributed by atoms with Crippen molar-refractivity contribution in [3.8, 4) is 18.1 Å². The lowest BCUT2D eigenvalue weighted by atomic mass is 10.1. The van der Waals surface area contributed by atoms with Gasteiger partial charge in [0.2, 0.25) is 0 Å². The Kier molecular flexibility index (Phi) is 2.45. The van der Waals surface area contributed by atoms with Gasteiger partial charge in [0, 0.05) is 5.56 Å². The topological polar surface area (TPSA) is 20.2 Å². The average molecular weight is 164 g/mol. The van der Waals surface area contributed by atoms with Crippen molar-refractivity contribution >= 4 is 12.6 Å². The van der Waals surface area contributed by atoms with E-state index in [1.165, 1.54) is 0 Å². The van der Waals surface area contributed by atoms with Crippen molar-refractivity contribution in [1.29, 1.82) is 0 Å². The number of phenolic OH excluding ortho intramolecular Hbond substituents is 1. The number of aromatic hydroxyl groups is 1.